The Labute approximate surface area is 124 Å². The molecular formula is C15H10BrFN2O. The molecule has 0 aliphatic carbocycles. The van der Waals surface area contributed by atoms with Gasteiger partial charge in [-0.15, -0.1) is 0 Å². The maximum absolute atomic E-state index is 13.2. The summed E-state index contributed by atoms with van der Waals surface area (Å²) in [5, 5.41) is 8.74. The van der Waals surface area contributed by atoms with Crippen LogP contribution in [-0.2, 0) is 0 Å². The average molecular weight is 333 g/mol. The maximum atomic E-state index is 13.2. The minimum atomic E-state index is -0.414. The van der Waals surface area contributed by atoms with Crippen LogP contribution in [0.15, 0.2) is 46.9 Å². The Morgan fingerprint density at radius 2 is 1.90 bits per heavy atom. The molecule has 1 amide bonds. The monoisotopic (exact) mass is 332 g/mol. The largest absolute Gasteiger partial charge is 0.311 e. The Balaban J connectivity index is 2.27. The summed E-state index contributed by atoms with van der Waals surface area (Å²) in [4.78, 5) is 13.7. The highest BCUT2D eigenvalue weighted by Gasteiger charge is 2.14. The normalized spacial score (nSPS) is 9.90. The first-order valence-electron chi connectivity index (χ1n) is 5.76. The second kappa shape index (κ2) is 5.85. The van der Waals surface area contributed by atoms with Crippen molar-refractivity contribution in [3.8, 4) is 6.07 Å². The molecule has 20 heavy (non-hydrogen) atoms. The Hall–Kier alpha value is -2.19. The second-order valence-corrected chi connectivity index (χ2v) is 5.01. The number of nitrogens with zero attached hydrogens (tertiary/aromatic N) is 2. The van der Waals surface area contributed by atoms with E-state index >= 15 is 0 Å². The molecule has 2 aromatic rings. The quantitative estimate of drug-likeness (QED) is 0.840. The molecule has 0 saturated heterocycles. The predicted molar refractivity (Wildman–Crippen MR) is 78.0 cm³/mol. The molecule has 0 spiro atoms. The second-order valence-electron chi connectivity index (χ2n) is 4.15. The summed E-state index contributed by atoms with van der Waals surface area (Å²) in [6.07, 6.45) is 0. The highest BCUT2D eigenvalue weighted by Crippen LogP contribution is 2.20. The van der Waals surface area contributed by atoms with E-state index in [1.165, 1.54) is 23.1 Å². The van der Waals surface area contributed by atoms with Crippen molar-refractivity contribution in [2.75, 3.05) is 11.9 Å². The lowest BCUT2D eigenvalue weighted by Crippen LogP contribution is -2.26. The number of amides is 1. The molecule has 0 atom stereocenters. The van der Waals surface area contributed by atoms with E-state index in [2.05, 4.69) is 15.9 Å². The first-order chi connectivity index (χ1) is 9.52. The van der Waals surface area contributed by atoms with Gasteiger partial charge in [0.1, 0.15) is 5.82 Å². The smallest absolute Gasteiger partial charge is 0.258 e. The van der Waals surface area contributed by atoms with Gasteiger partial charge in [-0.25, -0.2) is 4.39 Å². The van der Waals surface area contributed by atoms with Crippen molar-refractivity contribution in [1.82, 2.24) is 0 Å². The van der Waals surface area contributed by atoms with Crippen LogP contribution in [0.2, 0.25) is 0 Å². The molecule has 0 aliphatic heterocycles. The Morgan fingerprint density at radius 1 is 1.25 bits per heavy atom. The van der Waals surface area contributed by atoms with Crippen molar-refractivity contribution >= 4 is 27.5 Å². The van der Waals surface area contributed by atoms with E-state index in [4.69, 9.17) is 5.26 Å². The fourth-order valence-electron chi connectivity index (χ4n) is 1.70. The molecule has 0 bridgehead atoms. The number of carbonyl (C=O) groups excluding carboxylic acids is 1. The van der Waals surface area contributed by atoms with Crippen molar-refractivity contribution in [1.29, 1.82) is 5.26 Å². The highest BCUT2D eigenvalue weighted by molar-refractivity contribution is 9.10. The van der Waals surface area contributed by atoms with Gasteiger partial charge < -0.3 is 4.90 Å². The first-order valence-corrected chi connectivity index (χ1v) is 6.55. The topological polar surface area (TPSA) is 44.1 Å². The van der Waals surface area contributed by atoms with E-state index in [1.807, 2.05) is 6.07 Å². The molecule has 0 unspecified atom stereocenters. The molecule has 2 aromatic carbocycles. The number of hydrogen-bond acceptors (Lipinski definition) is 2. The average Bonchev–Trinajstić information content (AvgIpc) is 2.48. The zero-order valence-corrected chi connectivity index (χ0v) is 12.2. The molecule has 0 fully saturated rings. The van der Waals surface area contributed by atoms with Crippen LogP contribution in [0.25, 0.3) is 0 Å². The lowest BCUT2D eigenvalue weighted by atomic mass is 10.1. The number of nitriles is 1. The Kier molecular flexibility index (Phi) is 4.16. The van der Waals surface area contributed by atoms with Crippen molar-refractivity contribution < 1.29 is 9.18 Å². The lowest BCUT2D eigenvalue weighted by molar-refractivity contribution is 0.0993. The number of anilines is 1. The van der Waals surface area contributed by atoms with Gasteiger partial charge in [0.25, 0.3) is 5.91 Å². The van der Waals surface area contributed by atoms with Crippen molar-refractivity contribution in [2.24, 2.45) is 0 Å². The SMILES string of the molecule is CN(C(=O)c1ccc(F)c(Br)c1)c1ccc(C#N)cc1. The van der Waals surface area contributed by atoms with Gasteiger partial charge in [-0.05, 0) is 58.4 Å². The van der Waals surface area contributed by atoms with Crippen LogP contribution in [0.1, 0.15) is 15.9 Å². The van der Waals surface area contributed by atoms with Crippen molar-refractivity contribution in [3.63, 3.8) is 0 Å². The molecule has 0 saturated carbocycles. The molecule has 0 N–H and O–H groups in total. The van der Waals surface area contributed by atoms with Crippen LogP contribution in [0.5, 0.6) is 0 Å². The van der Waals surface area contributed by atoms with Gasteiger partial charge in [0, 0.05) is 18.3 Å². The molecule has 100 valence electrons. The molecule has 0 aliphatic rings. The zero-order chi connectivity index (χ0) is 14.7. The van der Waals surface area contributed by atoms with Crippen molar-refractivity contribution in [2.45, 2.75) is 0 Å². The third-order valence-electron chi connectivity index (χ3n) is 2.85. The summed E-state index contributed by atoms with van der Waals surface area (Å²) in [6, 6.07) is 12.8. The third-order valence-corrected chi connectivity index (χ3v) is 3.46. The van der Waals surface area contributed by atoms with Crippen molar-refractivity contribution in [3.05, 3.63) is 63.9 Å². The molecule has 3 nitrogen and oxygen atoms in total. The van der Waals surface area contributed by atoms with Gasteiger partial charge in [0.15, 0.2) is 0 Å². The van der Waals surface area contributed by atoms with E-state index < -0.39 is 5.82 Å². The van der Waals surface area contributed by atoms with Gasteiger partial charge >= 0.3 is 0 Å². The fourth-order valence-corrected chi connectivity index (χ4v) is 2.08. The number of rotatable bonds is 2. The van der Waals surface area contributed by atoms with Crippen LogP contribution in [0.3, 0.4) is 0 Å². The van der Waals surface area contributed by atoms with Gasteiger partial charge in [0.05, 0.1) is 16.1 Å². The van der Waals surface area contributed by atoms with Gasteiger partial charge in [-0.2, -0.15) is 5.26 Å². The van der Waals surface area contributed by atoms with E-state index in [9.17, 15) is 9.18 Å². The standard InChI is InChI=1S/C15H10BrFN2O/c1-19(12-5-2-10(9-18)3-6-12)15(20)11-4-7-14(17)13(16)8-11/h2-8H,1H3. The van der Waals surface area contributed by atoms with E-state index in [0.29, 0.717) is 16.8 Å². The first kappa shape index (κ1) is 14.2. The van der Waals surface area contributed by atoms with Crippen LogP contribution in [0, 0.1) is 17.1 Å². The summed E-state index contributed by atoms with van der Waals surface area (Å²) >= 11 is 3.06. The summed E-state index contributed by atoms with van der Waals surface area (Å²) in [5.74, 6) is -0.669. The van der Waals surface area contributed by atoms with Crippen LogP contribution < -0.4 is 4.90 Å². The van der Waals surface area contributed by atoms with Crippen LogP contribution >= 0.6 is 15.9 Å². The minimum Gasteiger partial charge on any atom is -0.311 e. The fraction of sp³-hybridized carbons (Fsp3) is 0.0667. The highest BCUT2D eigenvalue weighted by atomic mass is 79.9. The van der Waals surface area contributed by atoms with E-state index in [1.54, 1.807) is 31.3 Å². The maximum Gasteiger partial charge on any atom is 0.258 e. The minimum absolute atomic E-state index is 0.247. The summed E-state index contributed by atoms with van der Waals surface area (Å²) < 4.78 is 13.4. The van der Waals surface area contributed by atoms with Gasteiger partial charge in [0.2, 0.25) is 0 Å². The number of benzene rings is 2. The van der Waals surface area contributed by atoms with Gasteiger partial charge in [-0.1, -0.05) is 0 Å². The van der Waals surface area contributed by atoms with Gasteiger partial charge in [-0.3, -0.25) is 4.79 Å². The molecule has 2 rings (SSSR count). The van der Waals surface area contributed by atoms with Crippen LogP contribution in [0.4, 0.5) is 10.1 Å². The summed E-state index contributed by atoms with van der Waals surface area (Å²) in [5.41, 5.74) is 1.57. The number of hydrogen-bond donors (Lipinski definition) is 0. The molecule has 0 aromatic heterocycles. The van der Waals surface area contributed by atoms with E-state index in [-0.39, 0.29) is 10.4 Å². The molecule has 0 radical (unpaired) electrons. The zero-order valence-electron chi connectivity index (χ0n) is 10.6. The number of halogens is 2. The van der Waals surface area contributed by atoms with E-state index in [0.717, 1.165) is 0 Å². The third kappa shape index (κ3) is 2.86. The number of carbonyl (C=O) groups is 1. The summed E-state index contributed by atoms with van der Waals surface area (Å²) in [6.45, 7) is 0. The molecular weight excluding hydrogens is 323 g/mol. The molecule has 0 heterocycles. The van der Waals surface area contributed by atoms with Crippen LogP contribution in [-0.4, -0.2) is 13.0 Å². The predicted octanol–water partition coefficient (Wildman–Crippen LogP) is 3.74. The lowest BCUT2D eigenvalue weighted by Gasteiger charge is -2.17. The summed E-state index contributed by atoms with van der Waals surface area (Å²) in [7, 11) is 1.63. The molecule has 5 heteroatoms. The Morgan fingerprint density at radius 3 is 2.45 bits per heavy atom. The Bertz CT molecular complexity index is 692.